The van der Waals surface area contributed by atoms with E-state index in [1.54, 1.807) is 38.3 Å². The van der Waals surface area contributed by atoms with Crippen LogP contribution in [0.3, 0.4) is 0 Å². The summed E-state index contributed by atoms with van der Waals surface area (Å²) in [5.74, 6) is -0.269. The number of imide groups is 1. The molecule has 0 saturated carbocycles. The fourth-order valence-electron chi connectivity index (χ4n) is 3.88. The van der Waals surface area contributed by atoms with Gasteiger partial charge in [0.2, 0.25) is 0 Å². The molecule has 4 N–H and O–H groups in total. The van der Waals surface area contributed by atoms with Crippen LogP contribution in [-0.2, 0) is 9.47 Å². The van der Waals surface area contributed by atoms with Crippen LogP contribution >= 0.6 is 20.8 Å². The molecular formula is C25H36ClFN5O4P. The number of amides is 4. The number of allylic oxidation sites excluding steroid dienone is 7. The normalized spacial score (nSPS) is 21.3. The standard InChI is InChI=1S/C25H36ClFN5O4P/c1-5-20(35-3)11-21(36-4)15-29-25(12-19(9-17(2)26)10-22(37)13-27)30-23(33)32(24(34)31-25)16-18-7-6-8-28-14-18/h5-6,8-11,13,18,28-29H,7,12,14-16,37H2,1-4H3,(H,30,33)(H,31,34)/b17-9+,19-10+,20-5+,21-11+,22-13-. The zero-order valence-electron chi connectivity index (χ0n) is 21.6. The Labute approximate surface area is 225 Å². The van der Waals surface area contributed by atoms with Gasteiger partial charge in [0, 0.05) is 30.6 Å². The van der Waals surface area contributed by atoms with Crippen LogP contribution in [0.15, 0.2) is 70.3 Å². The molecule has 0 spiro atoms. The van der Waals surface area contributed by atoms with Gasteiger partial charge in [0.25, 0.3) is 0 Å². The lowest BCUT2D eigenvalue weighted by atomic mass is 10.0. The third-order valence-electron chi connectivity index (χ3n) is 5.67. The quantitative estimate of drug-likeness (QED) is 0.162. The maximum absolute atomic E-state index is 13.2. The first-order chi connectivity index (χ1) is 17.6. The Morgan fingerprint density at radius 1 is 1.27 bits per heavy atom. The molecule has 2 rings (SSSR count). The summed E-state index contributed by atoms with van der Waals surface area (Å²) in [5.41, 5.74) is 0.559. The highest BCUT2D eigenvalue weighted by atomic mass is 35.5. The van der Waals surface area contributed by atoms with Gasteiger partial charge < -0.3 is 25.4 Å². The Morgan fingerprint density at radius 3 is 2.49 bits per heavy atom. The van der Waals surface area contributed by atoms with E-state index in [2.05, 4.69) is 30.5 Å². The highest BCUT2D eigenvalue weighted by molar-refractivity contribution is 7.22. The zero-order chi connectivity index (χ0) is 27.4. The maximum Gasteiger partial charge on any atom is 0.328 e. The summed E-state index contributed by atoms with van der Waals surface area (Å²) in [6, 6.07) is -1.12. The molecule has 0 aromatic heterocycles. The van der Waals surface area contributed by atoms with Crippen molar-refractivity contribution in [1.82, 2.24) is 26.2 Å². The number of halogens is 2. The van der Waals surface area contributed by atoms with Crippen LogP contribution in [0, 0.1) is 5.92 Å². The Morgan fingerprint density at radius 2 is 1.97 bits per heavy atom. The molecule has 2 atom stereocenters. The summed E-state index contributed by atoms with van der Waals surface area (Å²) < 4.78 is 23.9. The monoisotopic (exact) mass is 555 g/mol. The van der Waals surface area contributed by atoms with Crippen molar-refractivity contribution in [2.24, 2.45) is 5.92 Å². The first-order valence-corrected chi connectivity index (χ1v) is 12.7. The van der Waals surface area contributed by atoms with E-state index in [1.807, 2.05) is 19.2 Å². The van der Waals surface area contributed by atoms with Crippen LogP contribution in [0.4, 0.5) is 14.0 Å². The molecule has 9 nitrogen and oxygen atoms in total. The molecule has 0 aromatic carbocycles. The van der Waals surface area contributed by atoms with Crippen molar-refractivity contribution in [3.63, 3.8) is 0 Å². The largest absolute Gasteiger partial charge is 0.500 e. The van der Waals surface area contributed by atoms with E-state index in [1.165, 1.54) is 7.11 Å². The van der Waals surface area contributed by atoms with E-state index >= 15 is 0 Å². The third-order valence-corrected chi connectivity index (χ3v) is 6.07. The number of rotatable bonds is 12. The van der Waals surface area contributed by atoms with E-state index in [0.29, 0.717) is 35.0 Å². The SMILES string of the molecule is C/C=C(\C=C(/CNC1(CC(=C/C(P)=C/F)/C=C(\C)Cl)NC(=O)N(CC2CC=CNC2)C(=O)N1)OC)OC. The number of ether oxygens (including phenoxy) is 2. The minimum atomic E-state index is -1.42. The summed E-state index contributed by atoms with van der Waals surface area (Å²) in [7, 11) is 5.32. The molecule has 2 aliphatic heterocycles. The highest BCUT2D eigenvalue weighted by Gasteiger charge is 2.43. The van der Waals surface area contributed by atoms with Gasteiger partial charge in [-0.1, -0.05) is 17.7 Å². The first kappa shape index (κ1) is 30.4. The van der Waals surface area contributed by atoms with Crippen LogP contribution < -0.4 is 21.3 Å². The van der Waals surface area contributed by atoms with Crippen LogP contribution in [0.25, 0.3) is 0 Å². The summed E-state index contributed by atoms with van der Waals surface area (Å²) in [6.45, 7) is 4.53. The summed E-state index contributed by atoms with van der Waals surface area (Å²) in [4.78, 5) is 27.6. The lowest BCUT2D eigenvalue weighted by Gasteiger charge is -2.44. The Kier molecular flexibility index (Phi) is 12.2. The van der Waals surface area contributed by atoms with E-state index < -0.39 is 17.8 Å². The molecule has 0 aromatic rings. The fourth-order valence-corrected chi connectivity index (χ4v) is 4.23. The molecule has 1 saturated heterocycles. The summed E-state index contributed by atoms with van der Waals surface area (Å²) >= 11 is 6.13. The third kappa shape index (κ3) is 9.54. The Balaban J connectivity index is 2.38. The van der Waals surface area contributed by atoms with Crippen molar-refractivity contribution in [3.05, 3.63) is 70.3 Å². The molecule has 2 aliphatic rings. The van der Waals surface area contributed by atoms with Crippen molar-refractivity contribution in [3.8, 4) is 0 Å². The van der Waals surface area contributed by atoms with Gasteiger partial charge in [-0.3, -0.25) is 5.32 Å². The maximum atomic E-state index is 13.2. The van der Waals surface area contributed by atoms with Gasteiger partial charge in [-0.25, -0.2) is 18.9 Å². The van der Waals surface area contributed by atoms with Gasteiger partial charge in [-0.15, -0.1) is 9.24 Å². The van der Waals surface area contributed by atoms with Crippen molar-refractivity contribution in [2.45, 2.75) is 32.5 Å². The van der Waals surface area contributed by atoms with Crippen LogP contribution in [-0.4, -0.2) is 56.6 Å². The topological polar surface area (TPSA) is 104 Å². The van der Waals surface area contributed by atoms with E-state index in [0.717, 1.165) is 11.3 Å². The summed E-state index contributed by atoms with van der Waals surface area (Å²) in [6.07, 6.45) is 11.7. The second kappa shape index (κ2) is 14.8. The molecular weight excluding hydrogens is 520 g/mol. The summed E-state index contributed by atoms with van der Waals surface area (Å²) in [5, 5.41) is 12.8. The van der Waals surface area contributed by atoms with E-state index in [4.69, 9.17) is 21.1 Å². The molecule has 0 radical (unpaired) electrons. The minimum absolute atomic E-state index is 0.0551. The predicted molar refractivity (Wildman–Crippen MR) is 147 cm³/mol. The van der Waals surface area contributed by atoms with Crippen molar-refractivity contribution < 1.29 is 23.5 Å². The van der Waals surface area contributed by atoms with Crippen molar-refractivity contribution in [1.29, 1.82) is 0 Å². The number of nitrogens with one attached hydrogen (secondary N) is 4. The second-order valence-corrected chi connectivity index (χ2v) is 9.85. The Hall–Kier alpha value is -2.81. The van der Waals surface area contributed by atoms with E-state index in [-0.39, 0.29) is 30.7 Å². The molecule has 1 fully saturated rings. The number of methoxy groups -OCH3 is 2. The first-order valence-electron chi connectivity index (χ1n) is 11.8. The lowest BCUT2D eigenvalue weighted by molar-refractivity contribution is 0.116. The van der Waals surface area contributed by atoms with E-state index in [9.17, 15) is 14.0 Å². The predicted octanol–water partition coefficient (Wildman–Crippen LogP) is 4.31. The smallest absolute Gasteiger partial charge is 0.328 e. The van der Waals surface area contributed by atoms with Gasteiger partial charge in [-0.05, 0) is 61.5 Å². The van der Waals surface area contributed by atoms with Crippen molar-refractivity contribution in [2.75, 3.05) is 33.9 Å². The van der Waals surface area contributed by atoms with Gasteiger partial charge >= 0.3 is 12.1 Å². The molecule has 37 heavy (non-hydrogen) atoms. The molecule has 4 amide bonds. The number of carbonyl (C=O) groups excluding carboxylic acids is 2. The van der Waals surface area contributed by atoms with Crippen LogP contribution in [0.5, 0.6) is 0 Å². The molecule has 2 unspecified atom stereocenters. The fraction of sp³-hybridized carbons (Fsp3) is 0.440. The number of hydrogen-bond acceptors (Lipinski definition) is 6. The molecule has 204 valence electrons. The molecule has 2 heterocycles. The average Bonchev–Trinajstić information content (AvgIpc) is 2.86. The van der Waals surface area contributed by atoms with Crippen molar-refractivity contribution >= 4 is 32.9 Å². The number of urea groups is 2. The second-order valence-electron chi connectivity index (χ2n) is 8.59. The molecule has 0 aliphatic carbocycles. The van der Waals surface area contributed by atoms with Crippen LogP contribution in [0.1, 0.15) is 26.7 Å². The zero-order valence-corrected chi connectivity index (χ0v) is 23.5. The number of hydrogen-bond donors (Lipinski definition) is 4. The minimum Gasteiger partial charge on any atom is -0.500 e. The number of nitrogens with zero attached hydrogens (tertiary/aromatic N) is 1. The Bertz CT molecular complexity index is 1000. The molecule has 0 bridgehead atoms. The average molecular weight is 556 g/mol. The molecule has 12 heteroatoms. The van der Waals surface area contributed by atoms with Gasteiger partial charge in [0.1, 0.15) is 11.5 Å². The van der Waals surface area contributed by atoms with Gasteiger partial charge in [0.05, 0.1) is 27.1 Å². The highest BCUT2D eigenvalue weighted by Crippen LogP contribution is 2.24. The number of carbonyl (C=O) groups is 2. The van der Waals surface area contributed by atoms with Gasteiger partial charge in [0.15, 0.2) is 5.79 Å². The lowest BCUT2D eigenvalue weighted by Crippen LogP contribution is -2.77. The van der Waals surface area contributed by atoms with Gasteiger partial charge in [-0.2, -0.15) is 0 Å². The van der Waals surface area contributed by atoms with Crippen LogP contribution in [0.2, 0.25) is 0 Å².